The summed E-state index contributed by atoms with van der Waals surface area (Å²) in [4.78, 5) is 0. The number of aliphatic hydroxyl groups is 1. The summed E-state index contributed by atoms with van der Waals surface area (Å²) in [7, 11) is -3.44. The number of hydrogen-bond donors (Lipinski definition) is 1. The Labute approximate surface area is 107 Å². The van der Waals surface area contributed by atoms with Crippen LogP contribution < -0.4 is 0 Å². The molecule has 102 valence electrons. The highest BCUT2D eigenvalue weighted by molar-refractivity contribution is 7.88. The van der Waals surface area contributed by atoms with Gasteiger partial charge in [0.05, 0.1) is 5.60 Å². The Morgan fingerprint density at radius 1 is 1.61 bits per heavy atom. The predicted octanol–water partition coefficient (Wildman–Crippen LogP) is 0.660. The van der Waals surface area contributed by atoms with Crippen molar-refractivity contribution in [1.29, 1.82) is 0 Å². The van der Waals surface area contributed by atoms with Crippen molar-refractivity contribution in [3.8, 4) is 0 Å². The lowest BCUT2D eigenvalue weighted by Gasteiger charge is -2.35. The van der Waals surface area contributed by atoms with Gasteiger partial charge < -0.3 is 9.63 Å². The standard InChI is InChI=1S/C11H18N2O4S/c1-9-6-10(12-17-9)7-18(15,16)13-5-3-4-11(2,14)8-13/h6,14H,3-5,7-8H2,1-2H3. The Balaban J connectivity index is 2.11. The topological polar surface area (TPSA) is 83.6 Å². The largest absolute Gasteiger partial charge is 0.389 e. The van der Waals surface area contributed by atoms with E-state index in [9.17, 15) is 13.5 Å². The Hall–Kier alpha value is -0.920. The van der Waals surface area contributed by atoms with Crippen molar-refractivity contribution in [1.82, 2.24) is 9.46 Å². The van der Waals surface area contributed by atoms with Crippen molar-refractivity contribution in [3.05, 3.63) is 17.5 Å². The van der Waals surface area contributed by atoms with Crippen molar-refractivity contribution in [3.63, 3.8) is 0 Å². The van der Waals surface area contributed by atoms with Gasteiger partial charge in [-0.25, -0.2) is 8.42 Å². The summed E-state index contributed by atoms with van der Waals surface area (Å²) < 4.78 is 30.6. The molecule has 0 aliphatic carbocycles. The molecule has 1 N–H and O–H groups in total. The van der Waals surface area contributed by atoms with E-state index in [1.807, 2.05) is 0 Å². The maximum absolute atomic E-state index is 12.2. The van der Waals surface area contributed by atoms with Crippen LogP contribution in [-0.4, -0.2) is 41.7 Å². The first-order valence-corrected chi connectivity index (χ1v) is 7.52. The van der Waals surface area contributed by atoms with E-state index in [1.165, 1.54) is 4.31 Å². The minimum Gasteiger partial charge on any atom is -0.389 e. The van der Waals surface area contributed by atoms with E-state index in [2.05, 4.69) is 5.16 Å². The van der Waals surface area contributed by atoms with Crippen LogP contribution in [0.25, 0.3) is 0 Å². The number of hydrogen-bond acceptors (Lipinski definition) is 5. The van der Waals surface area contributed by atoms with E-state index in [1.54, 1.807) is 19.9 Å². The molecule has 0 saturated carbocycles. The van der Waals surface area contributed by atoms with Crippen LogP contribution in [0.1, 0.15) is 31.2 Å². The second kappa shape index (κ2) is 4.64. The molecule has 0 aromatic carbocycles. The van der Waals surface area contributed by atoms with Crippen LogP contribution >= 0.6 is 0 Å². The van der Waals surface area contributed by atoms with Gasteiger partial charge in [0.15, 0.2) is 0 Å². The highest BCUT2D eigenvalue weighted by Crippen LogP contribution is 2.24. The average molecular weight is 274 g/mol. The van der Waals surface area contributed by atoms with Crippen molar-refractivity contribution in [2.24, 2.45) is 0 Å². The molecule has 1 aromatic rings. The molecule has 18 heavy (non-hydrogen) atoms. The monoisotopic (exact) mass is 274 g/mol. The maximum Gasteiger partial charge on any atom is 0.220 e. The molecule has 1 unspecified atom stereocenters. The molecule has 2 rings (SSSR count). The first-order chi connectivity index (χ1) is 8.28. The Kier molecular flexibility index (Phi) is 3.48. The number of β-amino-alcohol motifs (C(OH)–C–C–N with tert-alkyl or cyclic N) is 1. The van der Waals surface area contributed by atoms with E-state index >= 15 is 0 Å². The molecule has 1 saturated heterocycles. The second-order valence-electron chi connectivity index (χ2n) is 5.12. The van der Waals surface area contributed by atoms with E-state index in [0.717, 1.165) is 0 Å². The van der Waals surface area contributed by atoms with Gasteiger partial charge in [0.2, 0.25) is 10.0 Å². The molecule has 1 aliphatic heterocycles. The molecule has 0 amide bonds. The summed E-state index contributed by atoms with van der Waals surface area (Å²) >= 11 is 0. The highest BCUT2D eigenvalue weighted by atomic mass is 32.2. The van der Waals surface area contributed by atoms with Crippen LogP contribution in [0.3, 0.4) is 0 Å². The van der Waals surface area contributed by atoms with E-state index in [4.69, 9.17) is 4.52 Å². The Bertz CT molecular complexity index is 521. The van der Waals surface area contributed by atoms with Gasteiger partial charge in [-0.1, -0.05) is 5.16 Å². The molecule has 1 fully saturated rings. The van der Waals surface area contributed by atoms with Crippen LogP contribution in [0.15, 0.2) is 10.6 Å². The first kappa shape index (κ1) is 13.5. The number of piperidine rings is 1. The van der Waals surface area contributed by atoms with E-state index < -0.39 is 15.6 Å². The van der Waals surface area contributed by atoms with Gasteiger partial charge in [-0.15, -0.1) is 0 Å². The van der Waals surface area contributed by atoms with Gasteiger partial charge in [0, 0.05) is 19.2 Å². The van der Waals surface area contributed by atoms with Crippen LogP contribution in [0, 0.1) is 6.92 Å². The van der Waals surface area contributed by atoms with Crippen molar-refractivity contribution < 1.29 is 18.0 Å². The number of rotatable bonds is 3. The van der Waals surface area contributed by atoms with Gasteiger partial charge in [-0.3, -0.25) is 0 Å². The fourth-order valence-electron chi connectivity index (χ4n) is 2.18. The quantitative estimate of drug-likeness (QED) is 0.875. The smallest absolute Gasteiger partial charge is 0.220 e. The third-order valence-electron chi connectivity index (χ3n) is 3.04. The minimum absolute atomic E-state index is 0.145. The number of nitrogens with zero attached hydrogens (tertiary/aromatic N) is 2. The molecular weight excluding hydrogens is 256 g/mol. The van der Waals surface area contributed by atoms with Gasteiger partial charge in [0.25, 0.3) is 0 Å². The molecule has 7 heteroatoms. The van der Waals surface area contributed by atoms with Crippen molar-refractivity contribution in [2.75, 3.05) is 13.1 Å². The maximum atomic E-state index is 12.2. The lowest BCUT2D eigenvalue weighted by atomic mass is 9.97. The molecule has 0 radical (unpaired) electrons. The average Bonchev–Trinajstić information content (AvgIpc) is 2.61. The molecule has 2 heterocycles. The zero-order valence-corrected chi connectivity index (χ0v) is 11.4. The molecule has 1 aromatic heterocycles. The first-order valence-electron chi connectivity index (χ1n) is 5.91. The van der Waals surface area contributed by atoms with Gasteiger partial charge in [0.1, 0.15) is 17.2 Å². The predicted molar refractivity (Wildman–Crippen MR) is 65.3 cm³/mol. The second-order valence-corrected chi connectivity index (χ2v) is 7.09. The van der Waals surface area contributed by atoms with Crippen LogP contribution in [0.4, 0.5) is 0 Å². The minimum atomic E-state index is -3.44. The summed E-state index contributed by atoms with van der Waals surface area (Å²) in [6.07, 6.45) is 1.30. The summed E-state index contributed by atoms with van der Waals surface area (Å²) in [5, 5.41) is 13.6. The summed E-state index contributed by atoms with van der Waals surface area (Å²) in [6.45, 7) is 3.98. The number of aromatic nitrogens is 1. The summed E-state index contributed by atoms with van der Waals surface area (Å²) in [6, 6.07) is 1.61. The lowest BCUT2D eigenvalue weighted by Crippen LogP contribution is -2.48. The molecule has 0 bridgehead atoms. The molecule has 0 spiro atoms. The van der Waals surface area contributed by atoms with Crippen LogP contribution in [0.2, 0.25) is 0 Å². The third-order valence-corrected chi connectivity index (χ3v) is 4.80. The van der Waals surface area contributed by atoms with Crippen molar-refractivity contribution in [2.45, 2.75) is 38.0 Å². The fraction of sp³-hybridized carbons (Fsp3) is 0.727. The molecule has 1 aliphatic rings. The molecule has 6 nitrogen and oxygen atoms in total. The number of aryl methyl sites for hydroxylation is 1. The Morgan fingerprint density at radius 3 is 2.89 bits per heavy atom. The highest BCUT2D eigenvalue weighted by Gasteiger charge is 2.35. The summed E-state index contributed by atoms with van der Waals surface area (Å²) in [5.74, 6) is 0.409. The zero-order valence-electron chi connectivity index (χ0n) is 10.6. The van der Waals surface area contributed by atoms with Crippen LogP contribution in [-0.2, 0) is 15.8 Å². The summed E-state index contributed by atoms with van der Waals surface area (Å²) in [5.41, 5.74) is -0.539. The van der Waals surface area contributed by atoms with E-state index in [0.29, 0.717) is 30.8 Å². The third kappa shape index (κ3) is 3.09. The lowest BCUT2D eigenvalue weighted by molar-refractivity contribution is 0.00934. The van der Waals surface area contributed by atoms with Crippen molar-refractivity contribution >= 4 is 10.0 Å². The SMILES string of the molecule is Cc1cc(CS(=O)(=O)N2CCCC(C)(O)C2)no1. The number of sulfonamides is 1. The van der Waals surface area contributed by atoms with Gasteiger partial charge in [-0.2, -0.15) is 4.31 Å². The molecular formula is C11H18N2O4S. The van der Waals surface area contributed by atoms with Gasteiger partial charge in [-0.05, 0) is 26.7 Å². The Morgan fingerprint density at radius 2 is 2.33 bits per heavy atom. The normalized spacial score (nSPS) is 26.4. The fourth-order valence-corrected chi connectivity index (χ4v) is 3.75. The van der Waals surface area contributed by atoms with Gasteiger partial charge >= 0.3 is 0 Å². The van der Waals surface area contributed by atoms with E-state index in [-0.39, 0.29) is 12.3 Å². The van der Waals surface area contributed by atoms with Crippen LogP contribution in [0.5, 0.6) is 0 Å². The zero-order chi connectivity index (χ0) is 13.4. The molecule has 1 atom stereocenters.